The summed E-state index contributed by atoms with van der Waals surface area (Å²) >= 11 is 0. The average molecular weight is 277 g/mol. The van der Waals surface area contributed by atoms with E-state index in [0.29, 0.717) is 0 Å². The van der Waals surface area contributed by atoms with Crippen molar-refractivity contribution >= 4 is 0 Å². The van der Waals surface area contributed by atoms with Gasteiger partial charge >= 0.3 is 0 Å². The Bertz CT molecular complexity index is 529. The van der Waals surface area contributed by atoms with Crippen molar-refractivity contribution < 1.29 is 9.13 Å². The number of ether oxygens (including phenoxy) is 1. The van der Waals surface area contributed by atoms with Gasteiger partial charge in [-0.2, -0.15) is 5.10 Å². The molecule has 0 aliphatic carbocycles. The molecule has 1 aromatic carbocycles. The number of rotatable bonds is 6. The van der Waals surface area contributed by atoms with Crippen LogP contribution in [0, 0.1) is 5.82 Å². The number of nitrogens with one attached hydrogen (secondary N) is 1. The van der Waals surface area contributed by atoms with Crippen LogP contribution in [0.4, 0.5) is 4.39 Å². The zero-order valence-corrected chi connectivity index (χ0v) is 12.1. The first kappa shape index (κ1) is 14.5. The van der Waals surface area contributed by atoms with Crippen LogP contribution in [0.5, 0.6) is 5.75 Å². The minimum absolute atomic E-state index is 0.0713. The highest BCUT2D eigenvalue weighted by molar-refractivity contribution is 5.36. The van der Waals surface area contributed by atoms with Gasteiger partial charge in [0.2, 0.25) is 0 Å². The average Bonchev–Trinajstić information content (AvgIpc) is 2.88. The molecule has 5 heteroatoms. The Kier molecular flexibility index (Phi) is 4.74. The summed E-state index contributed by atoms with van der Waals surface area (Å²) in [5, 5.41) is 7.74. The molecule has 4 nitrogen and oxygen atoms in total. The first-order valence-electron chi connectivity index (χ1n) is 6.79. The van der Waals surface area contributed by atoms with Gasteiger partial charge < -0.3 is 10.1 Å². The summed E-state index contributed by atoms with van der Waals surface area (Å²) in [4.78, 5) is 0. The Morgan fingerprint density at radius 2 is 2.00 bits per heavy atom. The maximum Gasteiger partial charge on any atom is 0.161 e. The first-order chi connectivity index (χ1) is 9.71. The van der Waals surface area contributed by atoms with Crippen molar-refractivity contribution in [1.82, 2.24) is 15.1 Å². The van der Waals surface area contributed by atoms with Gasteiger partial charge in [-0.1, -0.05) is 19.1 Å². The fraction of sp³-hybridized carbons (Fsp3) is 0.400. The second-order valence-electron chi connectivity index (χ2n) is 4.46. The zero-order valence-electron chi connectivity index (χ0n) is 12.1. The second-order valence-corrected chi connectivity index (χ2v) is 4.46. The van der Waals surface area contributed by atoms with Crippen molar-refractivity contribution in [3.63, 3.8) is 0 Å². The van der Waals surface area contributed by atoms with Crippen LogP contribution in [0.1, 0.15) is 31.1 Å². The summed E-state index contributed by atoms with van der Waals surface area (Å²) in [6.07, 6.45) is 1.71. The smallest absolute Gasteiger partial charge is 0.161 e. The lowest BCUT2D eigenvalue weighted by Gasteiger charge is -2.20. The topological polar surface area (TPSA) is 39.1 Å². The molecule has 1 aromatic heterocycles. The monoisotopic (exact) mass is 277 g/mol. The maximum atomic E-state index is 13.1. The Morgan fingerprint density at radius 1 is 1.30 bits per heavy atom. The molecular formula is C15H20FN3O. The lowest BCUT2D eigenvalue weighted by atomic mass is 10.0. The van der Waals surface area contributed by atoms with Gasteiger partial charge in [-0.15, -0.1) is 0 Å². The Labute approximate surface area is 118 Å². The van der Waals surface area contributed by atoms with Crippen molar-refractivity contribution in [3.8, 4) is 5.75 Å². The van der Waals surface area contributed by atoms with Crippen molar-refractivity contribution in [3.05, 3.63) is 47.5 Å². The molecule has 0 aliphatic rings. The molecule has 1 N–H and O–H groups in total. The van der Waals surface area contributed by atoms with Crippen LogP contribution in [0.15, 0.2) is 30.5 Å². The third-order valence-corrected chi connectivity index (χ3v) is 3.25. The van der Waals surface area contributed by atoms with Crippen molar-refractivity contribution in [2.45, 2.75) is 26.4 Å². The van der Waals surface area contributed by atoms with Gasteiger partial charge in [0.15, 0.2) is 5.75 Å². The second kappa shape index (κ2) is 6.52. The van der Waals surface area contributed by atoms with E-state index in [1.54, 1.807) is 25.4 Å². The number of hydrogen-bond donors (Lipinski definition) is 1. The fourth-order valence-corrected chi connectivity index (χ4v) is 2.31. The number of halogens is 1. The Balaban J connectivity index is 2.47. The van der Waals surface area contributed by atoms with Crippen LogP contribution >= 0.6 is 0 Å². The van der Waals surface area contributed by atoms with Gasteiger partial charge in [0.25, 0.3) is 0 Å². The fourth-order valence-electron chi connectivity index (χ4n) is 2.31. The van der Waals surface area contributed by atoms with Gasteiger partial charge in [-0.3, -0.25) is 4.68 Å². The molecule has 0 saturated carbocycles. The van der Waals surface area contributed by atoms with E-state index in [0.717, 1.165) is 30.1 Å². The molecule has 1 atom stereocenters. The quantitative estimate of drug-likeness (QED) is 0.882. The van der Waals surface area contributed by atoms with Gasteiger partial charge in [-0.25, -0.2) is 4.39 Å². The normalized spacial score (nSPS) is 12.4. The number of aromatic nitrogens is 2. The highest BCUT2D eigenvalue weighted by Crippen LogP contribution is 2.30. The largest absolute Gasteiger partial charge is 0.493 e. The van der Waals surface area contributed by atoms with Crippen LogP contribution in [0.3, 0.4) is 0 Å². The number of aryl methyl sites for hydroxylation is 1. The van der Waals surface area contributed by atoms with Crippen LogP contribution in [-0.2, 0) is 6.54 Å². The predicted octanol–water partition coefficient (Wildman–Crippen LogP) is 2.75. The van der Waals surface area contributed by atoms with Crippen molar-refractivity contribution in [2.24, 2.45) is 0 Å². The molecular weight excluding hydrogens is 257 g/mol. The zero-order chi connectivity index (χ0) is 14.5. The molecule has 1 heterocycles. The van der Waals surface area contributed by atoms with Gasteiger partial charge in [0, 0.05) is 6.54 Å². The Morgan fingerprint density at radius 3 is 2.55 bits per heavy atom. The number of benzene rings is 1. The first-order valence-corrected chi connectivity index (χ1v) is 6.79. The van der Waals surface area contributed by atoms with Gasteiger partial charge in [0.1, 0.15) is 11.5 Å². The van der Waals surface area contributed by atoms with E-state index in [4.69, 9.17) is 4.74 Å². The third-order valence-electron chi connectivity index (χ3n) is 3.25. The molecule has 0 saturated heterocycles. The highest BCUT2D eigenvalue weighted by atomic mass is 19.1. The minimum Gasteiger partial charge on any atom is -0.493 e. The molecule has 0 radical (unpaired) electrons. The Hall–Kier alpha value is -1.88. The van der Waals surface area contributed by atoms with E-state index < -0.39 is 0 Å². The standard InChI is InChI=1S/C15H20FN3O/c1-4-17-14(11-6-8-12(16)9-7-11)15-13(20-3)10-18-19(15)5-2/h6-10,14,17H,4-5H2,1-3H3. The third kappa shape index (κ3) is 2.82. The van der Waals surface area contributed by atoms with E-state index in [9.17, 15) is 4.39 Å². The number of methoxy groups -OCH3 is 1. The highest BCUT2D eigenvalue weighted by Gasteiger charge is 2.22. The molecule has 1 unspecified atom stereocenters. The molecule has 0 spiro atoms. The molecule has 0 aliphatic heterocycles. The summed E-state index contributed by atoms with van der Waals surface area (Å²) in [5.41, 5.74) is 1.95. The molecule has 2 aromatic rings. The SMILES string of the molecule is CCNC(c1ccc(F)cc1)c1c(OC)cnn1CC. The van der Waals surface area contributed by atoms with Crippen LogP contribution in [0.25, 0.3) is 0 Å². The maximum absolute atomic E-state index is 13.1. The van der Waals surface area contributed by atoms with E-state index in [1.165, 1.54) is 12.1 Å². The molecule has 108 valence electrons. The van der Waals surface area contributed by atoms with Crippen LogP contribution < -0.4 is 10.1 Å². The molecule has 0 bridgehead atoms. The van der Waals surface area contributed by atoms with E-state index in [1.807, 2.05) is 18.5 Å². The molecule has 0 amide bonds. The van der Waals surface area contributed by atoms with Crippen molar-refractivity contribution in [1.29, 1.82) is 0 Å². The van der Waals surface area contributed by atoms with Crippen LogP contribution in [0.2, 0.25) is 0 Å². The summed E-state index contributed by atoms with van der Waals surface area (Å²) in [5.74, 6) is 0.502. The van der Waals surface area contributed by atoms with E-state index in [2.05, 4.69) is 10.4 Å². The van der Waals surface area contributed by atoms with Gasteiger partial charge in [-0.05, 0) is 31.2 Å². The van der Waals surface area contributed by atoms with E-state index >= 15 is 0 Å². The molecule has 0 fully saturated rings. The van der Waals surface area contributed by atoms with Crippen LogP contribution in [-0.4, -0.2) is 23.4 Å². The van der Waals surface area contributed by atoms with E-state index in [-0.39, 0.29) is 11.9 Å². The minimum atomic E-state index is -0.236. The lowest BCUT2D eigenvalue weighted by Crippen LogP contribution is -2.25. The molecule has 2 rings (SSSR count). The summed E-state index contributed by atoms with van der Waals surface area (Å²) < 4.78 is 20.4. The lowest BCUT2D eigenvalue weighted by molar-refractivity contribution is 0.399. The van der Waals surface area contributed by atoms with Crippen molar-refractivity contribution in [2.75, 3.05) is 13.7 Å². The predicted molar refractivity (Wildman–Crippen MR) is 76.4 cm³/mol. The summed E-state index contributed by atoms with van der Waals surface area (Å²) in [7, 11) is 1.63. The number of hydrogen-bond acceptors (Lipinski definition) is 3. The summed E-state index contributed by atoms with van der Waals surface area (Å²) in [6.45, 7) is 5.61. The molecule has 20 heavy (non-hydrogen) atoms. The van der Waals surface area contributed by atoms with Gasteiger partial charge in [0.05, 0.1) is 19.3 Å². The summed E-state index contributed by atoms with van der Waals surface area (Å²) in [6, 6.07) is 6.44. The number of nitrogens with zero attached hydrogens (tertiary/aromatic N) is 2.